The molecule has 0 saturated carbocycles. The van der Waals surface area contributed by atoms with Crippen LogP contribution in [-0.2, 0) is 17.8 Å². The number of nitrogens with one attached hydrogen (secondary N) is 1. The number of nitrogens with two attached hydrogens (primary N) is 1. The third kappa shape index (κ3) is 4.83. The number of aryl methyl sites for hydroxylation is 1. The van der Waals surface area contributed by atoms with E-state index in [1.54, 1.807) is 11.3 Å². The van der Waals surface area contributed by atoms with Crippen molar-refractivity contribution < 1.29 is 4.79 Å². The highest BCUT2D eigenvalue weighted by Crippen LogP contribution is 2.20. The molecule has 0 fully saturated rings. The topological polar surface area (TPSA) is 55.1 Å². The first-order valence-corrected chi connectivity index (χ1v) is 8.09. The predicted octanol–water partition coefficient (Wildman–Crippen LogP) is 3.68. The van der Waals surface area contributed by atoms with Gasteiger partial charge in [-0.15, -0.1) is 23.7 Å². The molecule has 3 nitrogen and oxygen atoms in total. The fourth-order valence-corrected chi connectivity index (χ4v) is 3.07. The van der Waals surface area contributed by atoms with E-state index in [2.05, 4.69) is 24.4 Å². The van der Waals surface area contributed by atoms with Crippen molar-refractivity contribution in [3.05, 3.63) is 57.8 Å². The summed E-state index contributed by atoms with van der Waals surface area (Å²) in [4.78, 5) is 14.7. The van der Waals surface area contributed by atoms with Gasteiger partial charge in [0.05, 0.1) is 12.5 Å². The van der Waals surface area contributed by atoms with Crippen molar-refractivity contribution in [3.63, 3.8) is 0 Å². The molecule has 2 atom stereocenters. The number of hydrogen-bond donors (Lipinski definition) is 2. The number of rotatable bonds is 6. The molecule has 2 rings (SSSR count). The van der Waals surface area contributed by atoms with Gasteiger partial charge in [0.25, 0.3) is 0 Å². The lowest BCUT2D eigenvalue weighted by atomic mass is 9.95. The number of halogens is 1. The van der Waals surface area contributed by atoms with E-state index >= 15 is 0 Å². The molecule has 5 heteroatoms. The first-order valence-electron chi connectivity index (χ1n) is 7.27. The third-order valence-corrected chi connectivity index (χ3v) is 4.87. The van der Waals surface area contributed by atoms with Gasteiger partial charge in [0.15, 0.2) is 0 Å². The quantitative estimate of drug-likeness (QED) is 0.844. The number of thiophene rings is 1. The van der Waals surface area contributed by atoms with Crippen molar-refractivity contribution in [2.75, 3.05) is 0 Å². The summed E-state index contributed by atoms with van der Waals surface area (Å²) in [7, 11) is 0. The minimum Gasteiger partial charge on any atom is -0.351 e. The van der Waals surface area contributed by atoms with Crippen LogP contribution in [0.5, 0.6) is 0 Å². The van der Waals surface area contributed by atoms with Crippen LogP contribution >= 0.6 is 23.7 Å². The van der Waals surface area contributed by atoms with E-state index in [-0.39, 0.29) is 30.3 Å². The van der Waals surface area contributed by atoms with E-state index in [0.29, 0.717) is 6.54 Å². The summed E-state index contributed by atoms with van der Waals surface area (Å²) in [6, 6.07) is 13.7. The standard InChI is InChI=1S/C17H22N2OS.ClH/c1-3-14-9-10-15(21-14)11-19-17(20)12(2)16(18)13-7-5-4-6-8-13;/h4-10,12,16H,3,11,18H2,1-2H3,(H,19,20);1H. The molecule has 0 aliphatic carbocycles. The molecular formula is C17H23ClN2OS. The lowest BCUT2D eigenvalue weighted by molar-refractivity contribution is -0.125. The van der Waals surface area contributed by atoms with Crippen LogP contribution in [0, 0.1) is 5.92 Å². The molecule has 120 valence electrons. The average molecular weight is 339 g/mol. The summed E-state index contributed by atoms with van der Waals surface area (Å²) >= 11 is 1.75. The van der Waals surface area contributed by atoms with Crippen molar-refractivity contribution in [1.29, 1.82) is 0 Å². The Balaban J connectivity index is 0.00000242. The Kier molecular flexibility index (Phi) is 7.59. The first kappa shape index (κ1) is 18.7. The van der Waals surface area contributed by atoms with Gasteiger partial charge in [-0.05, 0) is 24.1 Å². The first-order chi connectivity index (χ1) is 10.1. The van der Waals surface area contributed by atoms with Crippen LogP contribution in [0.2, 0.25) is 0 Å². The molecule has 0 aliphatic heterocycles. The number of carbonyl (C=O) groups is 1. The fourth-order valence-electron chi connectivity index (χ4n) is 2.17. The van der Waals surface area contributed by atoms with Crippen LogP contribution in [0.3, 0.4) is 0 Å². The molecule has 0 saturated heterocycles. The van der Waals surface area contributed by atoms with Gasteiger partial charge in [-0.2, -0.15) is 0 Å². The summed E-state index contributed by atoms with van der Waals surface area (Å²) in [6.07, 6.45) is 1.04. The molecule has 1 aromatic carbocycles. The summed E-state index contributed by atoms with van der Waals surface area (Å²) in [5.41, 5.74) is 7.17. The highest BCUT2D eigenvalue weighted by Gasteiger charge is 2.21. The number of carbonyl (C=O) groups excluding carboxylic acids is 1. The van der Waals surface area contributed by atoms with Crippen LogP contribution in [-0.4, -0.2) is 5.91 Å². The molecular weight excluding hydrogens is 316 g/mol. The van der Waals surface area contributed by atoms with Crippen molar-refractivity contribution >= 4 is 29.7 Å². The molecule has 0 radical (unpaired) electrons. The van der Waals surface area contributed by atoms with E-state index in [1.165, 1.54) is 9.75 Å². The molecule has 3 N–H and O–H groups in total. The second kappa shape index (κ2) is 8.93. The van der Waals surface area contributed by atoms with Crippen LogP contribution in [0.1, 0.15) is 35.2 Å². The van der Waals surface area contributed by atoms with Gasteiger partial charge in [-0.1, -0.05) is 44.2 Å². The minimum absolute atomic E-state index is 0. The highest BCUT2D eigenvalue weighted by atomic mass is 35.5. The molecule has 0 aliphatic rings. The van der Waals surface area contributed by atoms with Crippen LogP contribution in [0.25, 0.3) is 0 Å². The van der Waals surface area contributed by atoms with E-state index in [9.17, 15) is 4.79 Å². The molecule has 2 aromatic rings. The van der Waals surface area contributed by atoms with Crippen molar-refractivity contribution in [2.24, 2.45) is 11.7 Å². The van der Waals surface area contributed by atoms with Gasteiger partial charge >= 0.3 is 0 Å². The highest BCUT2D eigenvalue weighted by molar-refractivity contribution is 7.11. The molecule has 1 heterocycles. The maximum Gasteiger partial charge on any atom is 0.225 e. The van der Waals surface area contributed by atoms with E-state index in [0.717, 1.165) is 12.0 Å². The molecule has 2 unspecified atom stereocenters. The van der Waals surface area contributed by atoms with Crippen molar-refractivity contribution in [3.8, 4) is 0 Å². The van der Waals surface area contributed by atoms with Gasteiger partial charge < -0.3 is 11.1 Å². The average Bonchev–Trinajstić information content (AvgIpc) is 3.00. The Morgan fingerprint density at radius 2 is 1.82 bits per heavy atom. The van der Waals surface area contributed by atoms with Crippen LogP contribution < -0.4 is 11.1 Å². The van der Waals surface area contributed by atoms with Gasteiger partial charge in [-0.25, -0.2) is 0 Å². The second-order valence-corrected chi connectivity index (χ2v) is 6.42. The predicted molar refractivity (Wildman–Crippen MR) is 95.3 cm³/mol. The fraction of sp³-hybridized carbons (Fsp3) is 0.353. The molecule has 0 spiro atoms. The Morgan fingerprint density at radius 1 is 1.18 bits per heavy atom. The summed E-state index contributed by atoms with van der Waals surface area (Å²) < 4.78 is 0. The summed E-state index contributed by atoms with van der Waals surface area (Å²) in [6.45, 7) is 4.59. The Bertz CT molecular complexity index is 585. The molecule has 22 heavy (non-hydrogen) atoms. The number of hydrogen-bond acceptors (Lipinski definition) is 3. The SMILES string of the molecule is CCc1ccc(CNC(=O)C(C)C(N)c2ccccc2)s1.Cl. The number of amides is 1. The summed E-state index contributed by atoms with van der Waals surface area (Å²) in [5, 5.41) is 2.98. The Morgan fingerprint density at radius 3 is 2.41 bits per heavy atom. The van der Waals surface area contributed by atoms with E-state index < -0.39 is 0 Å². The molecule has 1 amide bonds. The van der Waals surface area contributed by atoms with Gasteiger partial charge in [0.1, 0.15) is 0 Å². The van der Waals surface area contributed by atoms with E-state index in [1.807, 2.05) is 37.3 Å². The third-order valence-electron chi connectivity index (χ3n) is 3.64. The normalized spacial score (nSPS) is 13.0. The zero-order valence-electron chi connectivity index (χ0n) is 12.9. The van der Waals surface area contributed by atoms with Crippen LogP contribution in [0.4, 0.5) is 0 Å². The van der Waals surface area contributed by atoms with Gasteiger partial charge in [0.2, 0.25) is 5.91 Å². The smallest absolute Gasteiger partial charge is 0.225 e. The molecule has 0 bridgehead atoms. The lowest BCUT2D eigenvalue weighted by Gasteiger charge is -2.19. The lowest BCUT2D eigenvalue weighted by Crippen LogP contribution is -2.35. The van der Waals surface area contributed by atoms with E-state index in [4.69, 9.17) is 5.73 Å². The minimum atomic E-state index is -0.277. The monoisotopic (exact) mass is 338 g/mol. The van der Waals surface area contributed by atoms with Crippen molar-refractivity contribution in [1.82, 2.24) is 5.32 Å². The Hall–Kier alpha value is -1.36. The zero-order chi connectivity index (χ0) is 15.2. The number of benzene rings is 1. The maximum atomic E-state index is 12.2. The van der Waals surface area contributed by atoms with Crippen molar-refractivity contribution in [2.45, 2.75) is 32.9 Å². The molecule has 1 aromatic heterocycles. The largest absolute Gasteiger partial charge is 0.351 e. The summed E-state index contributed by atoms with van der Waals surface area (Å²) in [5.74, 6) is -0.254. The zero-order valence-corrected chi connectivity index (χ0v) is 14.5. The Labute approximate surface area is 142 Å². The van der Waals surface area contributed by atoms with Crippen LogP contribution in [0.15, 0.2) is 42.5 Å². The second-order valence-electron chi connectivity index (χ2n) is 5.16. The van der Waals surface area contributed by atoms with Gasteiger partial charge in [-0.3, -0.25) is 4.79 Å². The maximum absolute atomic E-state index is 12.2. The van der Waals surface area contributed by atoms with Gasteiger partial charge in [0, 0.05) is 15.8 Å².